The van der Waals surface area contributed by atoms with Gasteiger partial charge in [-0.05, 0) is 36.8 Å². The molecule has 0 radical (unpaired) electrons. The van der Waals surface area contributed by atoms with Gasteiger partial charge in [-0.25, -0.2) is 9.37 Å². The molecule has 2 aromatic carbocycles. The van der Waals surface area contributed by atoms with E-state index >= 15 is 0 Å². The van der Waals surface area contributed by atoms with E-state index in [4.69, 9.17) is 0 Å². The van der Waals surface area contributed by atoms with Gasteiger partial charge in [0.05, 0.1) is 4.88 Å². The van der Waals surface area contributed by atoms with E-state index in [2.05, 4.69) is 15.3 Å². The molecule has 0 saturated carbocycles. The Labute approximate surface area is 163 Å². The summed E-state index contributed by atoms with van der Waals surface area (Å²) in [5, 5.41) is 3.26. The number of thiophene rings is 1. The van der Waals surface area contributed by atoms with E-state index in [0.717, 1.165) is 4.70 Å². The maximum absolute atomic E-state index is 13.9. The minimum absolute atomic E-state index is 0.219. The van der Waals surface area contributed by atoms with Crippen LogP contribution in [0.4, 0.5) is 10.1 Å². The summed E-state index contributed by atoms with van der Waals surface area (Å²) in [5.74, 6) is -0.216. The second kappa shape index (κ2) is 7.36. The number of benzene rings is 2. The first-order chi connectivity index (χ1) is 13.5. The number of halogens is 1. The normalized spacial score (nSPS) is 10.9. The van der Waals surface area contributed by atoms with Crippen LogP contribution in [0.25, 0.3) is 21.5 Å². The minimum atomic E-state index is -0.347. The molecule has 2 N–H and O–H groups in total. The van der Waals surface area contributed by atoms with Crippen LogP contribution < -0.4 is 10.9 Å². The fraction of sp³-hybridized carbons (Fsp3) is 0.0952. The lowest BCUT2D eigenvalue weighted by molar-refractivity contribution is 0.103. The molecule has 0 aliphatic carbocycles. The molecular formula is C21H16FN3O2S. The summed E-state index contributed by atoms with van der Waals surface area (Å²) in [4.78, 5) is 32.0. The monoisotopic (exact) mass is 393 g/mol. The Balaban J connectivity index is 1.62. The number of carbonyl (C=O) groups is 1. The third-order valence-corrected chi connectivity index (χ3v) is 5.38. The van der Waals surface area contributed by atoms with Crippen LogP contribution in [-0.4, -0.2) is 15.9 Å². The highest BCUT2D eigenvalue weighted by atomic mass is 32.1. The van der Waals surface area contributed by atoms with Gasteiger partial charge in [0.2, 0.25) is 0 Å². The molecule has 2 aromatic heterocycles. The zero-order valence-corrected chi connectivity index (χ0v) is 15.8. The SMILES string of the molecule is CCc1cc(=O)[nH]c(-c2cccc(NC(=O)c3cc4c(F)cccc4s3)c2)n1. The summed E-state index contributed by atoms with van der Waals surface area (Å²) >= 11 is 1.23. The molecule has 5 nitrogen and oxygen atoms in total. The number of hydrogen-bond acceptors (Lipinski definition) is 4. The molecule has 0 fully saturated rings. The third kappa shape index (κ3) is 3.57. The highest BCUT2D eigenvalue weighted by Crippen LogP contribution is 2.28. The number of aromatic amines is 1. The van der Waals surface area contributed by atoms with Crippen molar-refractivity contribution in [2.75, 3.05) is 5.32 Å². The number of rotatable bonds is 4. The Hall–Kier alpha value is -3.32. The van der Waals surface area contributed by atoms with Crippen molar-refractivity contribution in [1.29, 1.82) is 0 Å². The minimum Gasteiger partial charge on any atom is -0.321 e. The van der Waals surface area contributed by atoms with Crippen molar-refractivity contribution in [3.8, 4) is 11.4 Å². The van der Waals surface area contributed by atoms with E-state index in [9.17, 15) is 14.0 Å². The molecule has 7 heteroatoms. The summed E-state index contributed by atoms with van der Waals surface area (Å²) in [6.07, 6.45) is 0.649. The van der Waals surface area contributed by atoms with Gasteiger partial charge in [0.1, 0.15) is 11.6 Å². The molecular weight excluding hydrogens is 377 g/mol. The molecule has 0 saturated heterocycles. The van der Waals surface area contributed by atoms with Gasteiger partial charge in [0.15, 0.2) is 0 Å². The van der Waals surface area contributed by atoms with E-state index in [1.54, 1.807) is 36.4 Å². The van der Waals surface area contributed by atoms with Gasteiger partial charge < -0.3 is 10.3 Å². The van der Waals surface area contributed by atoms with Crippen LogP contribution >= 0.6 is 11.3 Å². The smallest absolute Gasteiger partial charge is 0.265 e. The summed E-state index contributed by atoms with van der Waals surface area (Å²) < 4.78 is 14.6. The Morgan fingerprint density at radius 3 is 2.79 bits per heavy atom. The number of hydrogen-bond donors (Lipinski definition) is 2. The van der Waals surface area contributed by atoms with E-state index in [0.29, 0.717) is 39.5 Å². The van der Waals surface area contributed by atoms with Crippen molar-refractivity contribution in [1.82, 2.24) is 9.97 Å². The zero-order valence-electron chi connectivity index (χ0n) is 15.0. The quantitative estimate of drug-likeness (QED) is 0.532. The van der Waals surface area contributed by atoms with E-state index < -0.39 is 0 Å². The fourth-order valence-electron chi connectivity index (χ4n) is 2.90. The molecule has 0 aliphatic heterocycles. The molecule has 0 unspecified atom stereocenters. The first kappa shape index (κ1) is 18.1. The lowest BCUT2D eigenvalue weighted by atomic mass is 10.1. The number of fused-ring (bicyclic) bond motifs is 1. The van der Waals surface area contributed by atoms with Crippen LogP contribution in [-0.2, 0) is 6.42 Å². The molecule has 1 amide bonds. The highest BCUT2D eigenvalue weighted by Gasteiger charge is 2.13. The van der Waals surface area contributed by atoms with Crippen LogP contribution in [0.2, 0.25) is 0 Å². The Morgan fingerprint density at radius 1 is 1.18 bits per heavy atom. The number of nitrogens with one attached hydrogen (secondary N) is 2. The lowest BCUT2D eigenvalue weighted by Gasteiger charge is -2.07. The van der Waals surface area contributed by atoms with Gasteiger partial charge in [0, 0.05) is 33.1 Å². The van der Waals surface area contributed by atoms with Gasteiger partial charge in [-0.2, -0.15) is 0 Å². The molecule has 28 heavy (non-hydrogen) atoms. The van der Waals surface area contributed by atoms with E-state index in [-0.39, 0.29) is 17.3 Å². The third-order valence-electron chi connectivity index (χ3n) is 4.28. The number of aromatic nitrogens is 2. The van der Waals surface area contributed by atoms with Crippen molar-refractivity contribution in [3.05, 3.63) is 81.3 Å². The van der Waals surface area contributed by atoms with Gasteiger partial charge in [0.25, 0.3) is 11.5 Å². The van der Waals surface area contributed by atoms with Crippen LogP contribution in [0.1, 0.15) is 22.3 Å². The Kier molecular flexibility index (Phi) is 4.75. The summed E-state index contributed by atoms with van der Waals surface area (Å²) in [6, 6.07) is 14.9. The average molecular weight is 393 g/mol. The number of aryl methyl sites for hydroxylation is 1. The van der Waals surface area contributed by atoms with Gasteiger partial charge in [-0.3, -0.25) is 9.59 Å². The average Bonchev–Trinajstić information content (AvgIpc) is 3.14. The molecule has 0 aliphatic rings. The molecule has 0 spiro atoms. The standard InChI is InChI=1S/C21H16FN3O2S/c1-2-13-10-19(26)25-20(23-13)12-5-3-6-14(9-12)24-21(27)18-11-15-16(22)7-4-8-17(15)28-18/h3-11H,2H2,1H3,(H,24,27)(H,23,25,26). The van der Waals surface area contributed by atoms with Crippen molar-refractivity contribution in [3.63, 3.8) is 0 Å². The summed E-state index contributed by atoms with van der Waals surface area (Å²) in [6.45, 7) is 1.93. The van der Waals surface area contributed by atoms with Crippen molar-refractivity contribution in [2.45, 2.75) is 13.3 Å². The molecule has 140 valence electrons. The Morgan fingerprint density at radius 2 is 2.00 bits per heavy atom. The largest absolute Gasteiger partial charge is 0.321 e. The van der Waals surface area contributed by atoms with Crippen LogP contribution in [0, 0.1) is 5.82 Å². The topological polar surface area (TPSA) is 74.8 Å². The molecule has 0 atom stereocenters. The first-order valence-electron chi connectivity index (χ1n) is 8.73. The maximum Gasteiger partial charge on any atom is 0.265 e. The van der Waals surface area contributed by atoms with Crippen LogP contribution in [0.5, 0.6) is 0 Å². The molecule has 2 heterocycles. The predicted octanol–water partition coefficient (Wildman–Crippen LogP) is 4.61. The van der Waals surface area contributed by atoms with E-state index in [1.807, 2.05) is 13.0 Å². The molecule has 0 bridgehead atoms. The fourth-order valence-corrected chi connectivity index (χ4v) is 3.87. The van der Waals surface area contributed by atoms with Crippen molar-refractivity contribution >= 4 is 33.0 Å². The summed E-state index contributed by atoms with van der Waals surface area (Å²) in [5.41, 5.74) is 1.72. The number of carbonyl (C=O) groups excluding carboxylic acids is 1. The van der Waals surface area contributed by atoms with Crippen molar-refractivity contribution in [2.24, 2.45) is 0 Å². The number of amides is 1. The zero-order chi connectivity index (χ0) is 19.7. The van der Waals surface area contributed by atoms with Gasteiger partial charge >= 0.3 is 0 Å². The Bertz CT molecular complexity index is 1250. The number of nitrogens with zero attached hydrogens (tertiary/aromatic N) is 1. The summed E-state index contributed by atoms with van der Waals surface area (Å²) in [7, 11) is 0. The highest BCUT2D eigenvalue weighted by molar-refractivity contribution is 7.20. The van der Waals surface area contributed by atoms with Crippen LogP contribution in [0.3, 0.4) is 0 Å². The predicted molar refractivity (Wildman–Crippen MR) is 109 cm³/mol. The number of anilines is 1. The van der Waals surface area contributed by atoms with Crippen LogP contribution in [0.15, 0.2) is 59.4 Å². The molecule has 4 rings (SSSR count). The van der Waals surface area contributed by atoms with Crippen molar-refractivity contribution < 1.29 is 9.18 Å². The second-order valence-corrected chi connectivity index (χ2v) is 7.32. The van der Waals surface area contributed by atoms with Gasteiger partial charge in [-0.15, -0.1) is 11.3 Å². The maximum atomic E-state index is 13.9. The first-order valence-corrected chi connectivity index (χ1v) is 9.55. The van der Waals surface area contributed by atoms with Gasteiger partial charge in [-0.1, -0.05) is 25.1 Å². The van der Waals surface area contributed by atoms with E-state index in [1.165, 1.54) is 23.5 Å². The lowest BCUT2D eigenvalue weighted by Crippen LogP contribution is -2.11. The molecule has 4 aromatic rings. The second-order valence-electron chi connectivity index (χ2n) is 6.24. The number of H-pyrrole nitrogens is 1.